The highest BCUT2D eigenvalue weighted by Gasteiger charge is 2.16. The van der Waals surface area contributed by atoms with Crippen LogP contribution in [0.25, 0.3) is 0 Å². The summed E-state index contributed by atoms with van der Waals surface area (Å²) in [6.07, 6.45) is 0. The molecule has 2 aromatic carbocycles. The topological polar surface area (TPSA) is 55.1 Å². The maximum atomic E-state index is 11.5. The van der Waals surface area contributed by atoms with Gasteiger partial charge in [-0.05, 0) is 23.8 Å². The highest BCUT2D eigenvalue weighted by atomic mass is 35.5. The maximum absolute atomic E-state index is 11.5. The van der Waals surface area contributed by atoms with Crippen molar-refractivity contribution in [3.63, 3.8) is 0 Å². The molecule has 1 unspecified atom stereocenters. The number of halogens is 1. The van der Waals surface area contributed by atoms with Crippen LogP contribution in [0.2, 0.25) is 5.02 Å². The fourth-order valence-corrected chi connectivity index (χ4v) is 1.90. The molecule has 0 saturated carbocycles. The molecular weight excluding hydrogens is 248 g/mol. The van der Waals surface area contributed by atoms with Crippen LogP contribution >= 0.6 is 11.6 Å². The van der Waals surface area contributed by atoms with Gasteiger partial charge in [0.15, 0.2) is 0 Å². The fraction of sp³-hybridized carbons (Fsp3) is 0.0714. The van der Waals surface area contributed by atoms with E-state index in [1.54, 1.807) is 12.1 Å². The molecule has 18 heavy (non-hydrogen) atoms. The Morgan fingerprint density at radius 3 is 2.44 bits per heavy atom. The molecule has 1 atom stereocenters. The molecule has 0 aliphatic rings. The average molecular weight is 261 g/mol. The number of amides is 1. The first-order valence-corrected chi connectivity index (χ1v) is 5.91. The van der Waals surface area contributed by atoms with Crippen molar-refractivity contribution in [2.45, 2.75) is 6.04 Å². The van der Waals surface area contributed by atoms with Crippen LogP contribution in [0.5, 0.6) is 0 Å². The first-order chi connectivity index (χ1) is 8.66. The average Bonchev–Trinajstić information content (AvgIpc) is 2.37. The molecule has 0 fully saturated rings. The van der Waals surface area contributed by atoms with Gasteiger partial charge in [0.2, 0.25) is 5.91 Å². The Kier molecular flexibility index (Phi) is 3.85. The van der Waals surface area contributed by atoms with Gasteiger partial charge in [-0.2, -0.15) is 0 Å². The van der Waals surface area contributed by atoms with E-state index in [4.69, 9.17) is 17.3 Å². The van der Waals surface area contributed by atoms with E-state index < -0.39 is 11.9 Å². The number of primary amides is 1. The van der Waals surface area contributed by atoms with Crippen LogP contribution in [0, 0.1) is 0 Å². The van der Waals surface area contributed by atoms with Crippen LogP contribution in [0.4, 0.5) is 5.69 Å². The summed E-state index contributed by atoms with van der Waals surface area (Å²) in [5.74, 6) is -0.429. The summed E-state index contributed by atoms with van der Waals surface area (Å²) in [6, 6.07) is 15.9. The quantitative estimate of drug-likeness (QED) is 0.888. The third-order valence-corrected chi connectivity index (χ3v) is 2.79. The minimum Gasteiger partial charge on any atom is -0.370 e. The lowest BCUT2D eigenvalue weighted by molar-refractivity contribution is -0.118. The van der Waals surface area contributed by atoms with Crippen molar-refractivity contribution < 1.29 is 4.79 Å². The van der Waals surface area contributed by atoms with E-state index in [2.05, 4.69) is 5.32 Å². The van der Waals surface area contributed by atoms with E-state index in [0.29, 0.717) is 5.02 Å². The number of nitrogens with two attached hydrogens (primary N) is 1. The summed E-state index contributed by atoms with van der Waals surface area (Å²) in [5, 5.41) is 3.68. The highest BCUT2D eigenvalue weighted by molar-refractivity contribution is 6.30. The third kappa shape index (κ3) is 3.02. The van der Waals surface area contributed by atoms with Gasteiger partial charge in [-0.15, -0.1) is 0 Å². The zero-order valence-electron chi connectivity index (χ0n) is 9.64. The van der Waals surface area contributed by atoms with Crippen molar-refractivity contribution >= 4 is 23.2 Å². The number of nitrogens with one attached hydrogen (secondary N) is 1. The van der Waals surface area contributed by atoms with Gasteiger partial charge in [-0.1, -0.05) is 48.0 Å². The third-order valence-electron chi connectivity index (χ3n) is 2.55. The zero-order chi connectivity index (χ0) is 13.0. The van der Waals surface area contributed by atoms with Crippen LogP contribution in [-0.2, 0) is 4.79 Å². The largest absolute Gasteiger partial charge is 0.370 e. The van der Waals surface area contributed by atoms with Gasteiger partial charge in [0.05, 0.1) is 0 Å². The van der Waals surface area contributed by atoms with E-state index in [9.17, 15) is 4.79 Å². The van der Waals surface area contributed by atoms with E-state index in [0.717, 1.165) is 11.3 Å². The second-order valence-corrected chi connectivity index (χ2v) is 4.34. The first-order valence-electron chi connectivity index (χ1n) is 5.53. The molecule has 0 aromatic heterocycles. The number of anilines is 1. The lowest BCUT2D eigenvalue weighted by atomic mass is 10.1. The SMILES string of the molecule is NC(=O)C(Nc1cccc(Cl)c1)c1ccccc1. The van der Waals surface area contributed by atoms with Gasteiger partial charge in [0, 0.05) is 10.7 Å². The number of rotatable bonds is 4. The first kappa shape index (κ1) is 12.5. The lowest BCUT2D eigenvalue weighted by Gasteiger charge is -2.17. The predicted octanol–water partition coefficient (Wildman–Crippen LogP) is 2.98. The second-order valence-electron chi connectivity index (χ2n) is 3.90. The molecule has 92 valence electrons. The van der Waals surface area contributed by atoms with Crippen molar-refractivity contribution in [1.29, 1.82) is 0 Å². The van der Waals surface area contributed by atoms with Crippen molar-refractivity contribution in [3.8, 4) is 0 Å². The summed E-state index contributed by atoms with van der Waals surface area (Å²) >= 11 is 5.90. The number of carbonyl (C=O) groups is 1. The molecule has 0 aliphatic carbocycles. The number of benzene rings is 2. The Morgan fingerprint density at radius 2 is 1.83 bits per heavy atom. The van der Waals surface area contributed by atoms with Crippen molar-refractivity contribution in [3.05, 3.63) is 65.2 Å². The number of hydrogen-bond acceptors (Lipinski definition) is 2. The summed E-state index contributed by atoms with van der Waals surface area (Å²) in [7, 11) is 0. The van der Waals surface area contributed by atoms with Crippen LogP contribution in [0.1, 0.15) is 11.6 Å². The summed E-state index contributed by atoms with van der Waals surface area (Å²) < 4.78 is 0. The molecule has 0 heterocycles. The van der Waals surface area contributed by atoms with E-state index in [1.807, 2.05) is 42.5 Å². The number of carbonyl (C=O) groups excluding carboxylic acids is 1. The molecule has 4 heteroatoms. The molecule has 3 N–H and O–H groups in total. The van der Waals surface area contributed by atoms with Crippen molar-refractivity contribution in [2.75, 3.05) is 5.32 Å². The Morgan fingerprint density at radius 1 is 1.11 bits per heavy atom. The lowest BCUT2D eigenvalue weighted by Crippen LogP contribution is -2.27. The minimum absolute atomic E-state index is 0.429. The maximum Gasteiger partial charge on any atom is 0.244 e. The molecule has 3 nitrogen and oxygen atoms in total. The molecule has 2 aromatic rings. The Balaban J connectivity index is 2.25. The van der Waals surface area contributed by atoms with E-state index >= 15 is 0 Å². The monoisotopic (exact) mass is 260 g/mol. The molecule has 0 spiro atoms. The van der Waals surface area contributed by atoms with Crippen molar-refractivity contribution in [1.82, 2.24) is 0 Å². The molecule has 0 aliphatic heterocycles. The predicted molar refractivity (Wildman–Crippen MR) is 73.5 cm³/mol. The minimum atomic E-state index is -0.565. The molecule has 0 radical (unpaired) electrons. The molecule has 0 bridgehead atoms. The Bertz CT molecular complexity index is 543. The molecule has 1 amide bonds. The number of hydrogen-bond donors (Lipinski definition) is 2. The van der Waals surface area contributed by atoms with Gasteiger partial charge < -0.3 is 11.1 Å². The van der Waals surface area contributed by atoms with Crippen LogP contribution in [0.15, 0.2) is 54.6 Å². The van der Waals surface area contributed by atoms with Crippen LogP contribution in [0.3, 0.4) is 0 Å². The smallest absolute Gasteiger partial charge is 0.244 e. The summed E-state index contributed by atoms with van der Waals surface area (Å²) in [6.45, 7) is 0. The van der Waals surface area contributed by atoms with Gasteiger partial charge in [0.1, 0.15) is 6.04 Å². The second kappa shape index (κ2) is 5.56. The molecule has 0 saturated heterocycles. The van der Waals surface area contributed by atoms with Gasteiger partial charge in [-0.3, -0.25) is 4.79 Å². The summed E-state index contributed by atoms with van der Waals surface area (Å²) in [4.78, 5) is 11.5. The van der Waals surface area contributed by atoms with Gasteiger partial charge in [-0.25, -0.2) is 0 Å². The standard InChI is InChI=1S/C14H13ClN2O/c15-11-7-4-8-12(9-11)17-13(14(16)18)10-5-2-1-3-6-10/h1-9,13,17H,(H2,16,18). The van der Waals surface area contributed by atoms with Crippen molar-refractivity contribution in [2.24, 2.45) is 5.73 Å². The van der Waals surface area contributed by atoms with Crippen LogP contribution < -0.4 is 11.1 Å². The van der Waals surface area contributed by atoms with E-state index in [-0.39, 0.29) is 0 Å². The molecule has 2 rings (SSSR count). The normalized spacial score (nSPS) is 11.8. The fourth-order valence-electron chi connectivity index (χ4n) is 1.71. The van der Waals surface area contributed by atoms with E-state index in [1.165, 1.54) is 0 Å². The van der Waals surface area contributed by atoms with Crippen LogP contribution in [-0.4, -0.2) is 5.91 Å². The zero-order valence-corrected chi connectivity index (χ0v) is 10.4. The van der Waals surface area contributed by atoms with Gasteiger partial charge >= 0.3 is 0 Å². The molecular formula is C14H13ClN2O. The Hall–Kier alpha value is -2.00. The summed E-state index contributed by atoms with van der Waals surface area (Å²) in [5.41, 5.74) is 7.00. The highest BCUT2D eigenvalue weighted by Crippen LogP contribution is 2.21. The Labute approximate surface area is 111 Å². The van der Waals surface area contributed by atoms with Gasteiger partial charge in [0.25, 0.3) is 0 Å².